The molecule has 0 saturated carbocycles. The predicted molar refractivity (Wildman–Crippen MR) is 74.2 cm³/mol. The lowest BCUT2D eigenvalue weighted by Crippen LogP contribution is -2.23. The normalized spacial score (nSPS) is 13.1. The first-order valence-electron chi connectivity index (χ1n) is 5.99. The zero-order valence-corrected chi connectivity index (χ0v) is 11.0. The molecule has 1 rings (SSSR count). The molecule has 0 aliphatic rings. The molecule has 3 heteroatoms. The van der Waals surface area contributed by atoms with Crippen LogP contribution in [0.2, 0.25) is 5.02 Å². The SMILES string of the molecule is CCCCOC[C@@H](N)/C=C\c1ccc(Cl)cc1. The van der Waals surface area contributed by atoms with E-state index in [-0.39, 0.29) is 6.04 Å². The van der Waals surface area contributed by atoms with Crippen molar-refractivity contribution in [3.05, 3.63) is 40.9 Å². The van der Waals surface area contributed by atoms with E-state index in [1.54, 1.807) is 0 Å². The number of nitrogens with two attached hydrogens (primary N) is 1. The van der Waals surface area contributed by atoms with Gasteiger partial charge in [-0.2, -0.15) is 0 Å². The molecule has 17 heavy (non-hydrogen) atoms. The van der Waals surface area contributed by atoms with Crippen molar-refractivity contribution in [1.29, 1.82) is 0 Å². The van der Waals surface area contributed by atoms with Crippen LogP contribution >= 0.6 is 11.6 Å². The van der Waals surface area contributed by atoms with Gasteiger partial charge in [0.25, 0.3) is 0 Å². The van der Waals surface area contributed by atoms with Gasteiger partial charge in [-0.3, -0.25) is 0 Å². The van der Waals surface area contributed by atoms with Gasteiger partial charge in [0.1, 0.15) is 0 Å². The molecule has 0 amide bonds. The van der Waals surface area contributed by atoms with Crippen molar-refractivity contribution in [2.45, 2.75) is 25.8 Å². The molecule has 94 valence electrons. The number of benzene rings is 1. The van der Waals surface area contributed by atoms with Crippen molar-refractivity contribution in [2.75, 3.05) is 13.2 Å². The zero-order valence-electron chi connectivity index (χ0n) is 10.2. The quantitative estimate of drug-likeness (QED) is 0.755. The summed E-state index contributed by atoms with van der Waals surface area (Å²) in [6.07, 6.45) is 6.18. The Hall–Kier alpha value is -0.830. The van der Waals surface area contributed by atoms with Crippen LogP contribution in [0.1, 0.15) is 25.3 Å². The Bertz CT molecular complexity index is 335. The van der Waals surface area contributed by atoms with E-state index in [0.29, 0.717) is 6.61 Å². The summed E-state index contributed by atoms with van der Waals surface area (Å²) < 4.78 is 5.45. The van der Waals surface area contributed by atoms with Gasteiger partial charge in [-0.25, -0.2) is 0 Å². The Balaban J connectivity index is 2.29. The Kier molecular flexibility index (Phi) is 6.94. The summed E-state index contributed by atoms with van der Waals surface area (Å²) in [5, 5.41) is 0.745. The molecule has 0 aromatic heterocycles. The standard InChI is InChI=1S/C14H20ClNO/c1-2-3-10-17-11-14(16)9-6-12-4-7-13(15)8-5-12/h4-9,14H,2-3,10-11,16H2,1H3/b9-6-/t14-/m0/s1. The summed E-state index contributed by atoms with van der Waals surface area (Å²) in [5.74, 6) is 0. The average Bonchev–Trinajstić information content (AvgIpc) is 2.34. The lowest BCUT2D eigenvalue weighted by molar-refractivity contribution is 0.127. The highest BCUT2D eigenvalue weighted by molar-refractivity contribution is 6.30. The third-order valence-electron chi connectivity index (χ3n) is 2.36. The lowest BCUT2D eigenvalue weighted by atomic mass is 10.2. The first kappa shape index (κ1) is 14.2. The number of hydrogen-bond donors (Lipinski definition) is 1. The first-order chi connectivity index (χ1) is 8.22. The zero-order chi connectivity index (χ0) is 12.5. The molecular weight excluding hydrogens is 234 g/mol. The van der Waals surface area contributed by atoms with Gasteiger partial charge in [0.2, 0.25) is 0 Å². The molecule has 2 nitrogen and oxygen atoms in total. The maximum absolute atomic E-state index is 5.90. The van der Waals surface area contributed by atoms with Gasteiger partial charge in [-0.15, -0.1) is 0 Å². The van der Waals surface area contributed by atoms with E-state index in [4.69, 9.17) is 22.1 Å². The van der Waals surface area contributed by atoms with E-state index in [9.17, 15) is 0 Å². The molecule has 0 unspecified atom stereocenters. The van der Waals surface area contributed by atoms with Gasteiger partial charge in [0, 0.05) is 17.7 Å². The highest BCUT2D eigenvalue weighted by Crippen LogP contribution is 2.10. The van der Waals surface area contributed by atoms with E-state index in [2.05, 4.69) is 6.92 Å². The number of hydrogen-bond acceptors (Lipinski definition) is 2. The molecule has 0 aliphatic heterocycles. The van der Waals surface area contributed by atoms with Gasteiger partial charge in [-0.05, 0) is 24.1 Å². The Morgan fingerprint density at radius 3 is 2.71 bits per heavy atom. The minimum absolute atomic E-state index is 0.0532. The van der Waals surface area contributed by atoms with Crippen LogP contribution in [0.5, 0.6) is 0 Å². The molecule has 0 aliphatic carbocycles. The van der Waals surface area contributed by atoms with Crippen LogP contribution in [0.15, 0.2) is 30.3 Å². The van der Waals surface area contributed by atoms with Crippen molar-refractivity contribution in [3.63, 3.8) is 0 Å². The third-order valence-corrected chi connectivity index (χ3v) is 2.61. The molecule has 1 atom stereocenters. The summed E-state index contributed by atoms with van der Waals surface area (Å²) in [7, 11) is 0. The molecule has 1 aromatic carbocycles. The Morgan fingerprint density at radius 2 is 2.06 bits per heavy atom. The third kappa shape index (κ3) is 6.47. The summed E-state index contributed by atoms with van der Waals surface area (Å²) >= 11 is 5.80. The maximum Gasteiger partial charge on any atom is 0.0653 e. The van der Waals surface area contributed by atoms with E-state index in [1.165, 1.54) is 0 Å². The number of rotatable bonds is 7. The molecule has 1 aromatic rings. The highest BCUT2D eigenvalue weighted by Gasteiger charge is 1.97. The Labute approximate surface area is 108 Å². The fourth-order valence-corrected chi connectivity index (χ4v) is 1.46. The van der Waals surface area contributed by atoms with Crippen molar-refractivity contribution in [1.82, 2.24) is 0 Å². The minimum atomic E-state index is -0.0532. The van der Waals surface area contributed by atoms with Crippen LogP contribution in [0.3, 0.4) is 0 Å². The smallest absolute Gasteiger partial charge is 0.0653 e. The summed E-state index contributed by atoms with van der Waals surface area (Å²) in [4.78, 5) is 0. The van der Waals surface area contributed by atoms with Crippen molar-refractivity contribution >= 4 is 17.7 Å². The van der Waals surface area contributed by atoms with Crippen LogP contribution in [-0.4, -0.2) is 19.3 Å². The van der Waals surface area contributed by atoms with Crippen LogP contribution in [0.25, 0.3) is 6.08 Å². The van der Waals surface area contributed by atoms with E-state index >= 15 is 0 Å². The predicted octanol–water partition coefficient (Wildman–Crippen LogP) is 3.50. The van der Waals surface area contributed by atoms with Crippen LogP contribution in [0, 0.1) is 0 Å². The molecule has 0 radical (unpaired) electrons. The van der Waals surface area contributed by atoms with Gasteiger partial charge in [-0.1, -0.05) is 49.2 Å². The van der Waals surface area contributed by atoms with Crippen molar-refractivity contribution < 1.29 is 4.74 Å². The fourth-order valence-electron chi connectivity index (χ4n) is 1.33. The van der Waals surface area contributed by atoms with E-state index < -0.39 is 0 Å². The van der Waals surface area contributed by atoms with Gasteiger partial charge >= 0.3 is 0 Å². The molecular formula is C14H20ClNO. The number of ether oxygens (including phenoxy) is 1. The number of unbranched alkanes of at least 4 members (excludes halogenated alkanes) is 1. The second-order valence-corrected chi connectivity index (χ2v) is 4.44. The summed E-state index contributed by atoms with van der Waals surface area (Å²) in [5.41, 5.74) is 6.99. The molecule has 2 N–H and O–H groups in total. The van der Waals surface area contributed by atoms with Crippen molar-refractivity contribution in [3.8, 4) is 0 Å². The molecule has 0 heterocycles. The summed E-state index contributed by atoms with van der Waals surface area (Å²) in [6.45, 7) is 3.51. The monoisotopic (exact) mass is 253 g/mol. The molecule has 0 fully saturated rings. The van der Waals surface area contributed by atoms with Gasteiger partial charge in [0.05, 0.1) is 6.61 Å². The second kappa shape index (κ2) is 8.29. The van der Waals surface area contributed by atoms with E-state index in [0.717, 1.165) is 30.0 Å². The van der Waals surface area contributed by atoms with Crippen molar-refractivity contribution in [2.24, 2.45) is 5.73 Å². The fraction of sp³-hybridized carbons (Fsp3) is 0.429. The molecule has 0 spiro atoms. The summed E-state index contributed by atoms with van der Waals surface area (Å²) in [6, 6.07) is 7.60. The maximum atomic E-state index is 5.90. The molecule has 0 saturated heterocycles. The molecule has 0 bridgehead atoms. The van der Waals surface area contributed by atoms with Gasteiger partial charge < -0.3 is 10.5 Å². The van der Waals surface area contributed by atoms with Gasteiger partial charge in [0.15, 0.2) is 0 Å². The highest BCUT2D eigenvalue weighted by atomic mass is 35.5. The van der Waals surface area contributed by atoms with E-state index in [1.807, 2.05) is 36.4 Å². The Morgan fingerprint density at radius 1 is 1.35 bits per heavy atom. The lowest BCUT2D eigenvalue weighted by Gasteiger charge is -2.07. The first-order valence-corrected chi connectivity index (χ1v) is 6.37. The van der Waals surface area contributed by atoms with Crippen LogP contribution < -0.4 is 5.73 Å². The average molecular weight is 254 g/mol. The van der Waals surface area contributed by atoms with Crippen LogP contribution in [0.4, 0.5) is 0 Å². The second-order valence-electron chi connectivity index (χ2n) is 4.00. The topological polar surface area (TPSA) is 35.2 Å². The minimum Gasteiger partial charge on any atom is -0.380 e. The largest absolute Gasteiger partial charge is 0.380 e. The van der Waals surface area contributed by atoms with Crippen LogP contribution in [-0.2, 0) is 4.74 Å². The number of halogens is 1.